The minimum atomic E-state index is -3.34. The molecule has 0 atom stereocenters. The third kappa shape index (κ3) is 4.53. The first-order chi connectivity index (χ1) is 7.98. The molecule has 0 saturated carbocycles. The Labute approximate surface area is 110 Å². The number of hydrogen-bond donors (Lipinski definition) is 2. The van der Waals surface area contributed by atoms with E-state index in [-0.39, 0.29) is 5.75 Å². The number of ether oxygens (including phenoxy) is 1. The minimum absolute atomic E-state index is 0.0158. The Kier molecular flexibility index (Phi) is 5.23. The maximum Gasteiger partial charge on any atom is 0.232 e. The SMILES string of the molecule is COc1cc(NS(=O)(=O)CCCN)ccc1Br. The molecule has 5 nitrogen and oxygen atoms in total. The zero-order valence-corrected chi connectivity index (χ0v) is 11.8. The number of rotatable bonds is 6. The first-order valence-electron chi connectivity index (χ1n) is 5.02. The lowest BCUT2D eigenvalue weighted by Gasteiger charge is -2.09. The van der Waals surface area contributed by atoms with Crippen LogP contribution in [0.5, 0.6) is 5.75 Å². The number of methoxy groups -OCH3 is 1. The zero-order chi connectivity index (χ0) is 12.9. The minimum Gasteiger partial charge on any atom is -0.495 e. The van der Waals surface area contributed by atoms with Crippen molar-refractivity contribution in [1.82, 2.24) is 0 Å². The summed E-state index contributed by atoms with van der Waals surface area (Å²) in [6, 6.07) is 5.00. The van der Waals surface area contributed by atoms with Crippen molar-refractivity contribution in [3.63, 3.8) is 0 Å². The van der Waals surface area contributed by atoms with Gasteiger partial charge in [0.1, 0.15) is 5.75 Å². The molecular weight excluding hydrogens is 308 g/mol. The van der Waals surface area contributed by atoms with Crippen LogP contribution in [0.2, 0.25) is 0 Å². The van der Waals surface area contributed by atoms with Gasteiger partial charge in [0, 0.05) is 6.07 Å². The van der Waals surface area contributed by atoms with Crippen LogP contribution in [0.25, 0.3) is 0 Å². The number of hydrogen-bond acceptors (Lipinski definition) is 4. The van der Waals surface area contributed by atoms with Crippen molar-refractivity contribution in [2.45, 2.75) is 6.42 Å². The molecular formula is C10H15BrN2O3S. The average molecular weight is 323 g/mol. The second-order valence-corrected chi connectivity index (χ2v) is 6.11. The molecule has 7 heteroatoms. The fourth-order valence-electron chi connectivity index (χ4n) is 1.23. The highest BCUT2D eigenvalue weighted by atomic mass is 79.9. The van der Waals surface area contributed by atoms with E-state index in [9.17, 15) is 8.42 Å². The number of benzene rings is 1. The van der Waals surface area contributed by atoms with E-state index in [1.807, 2.05) is 0 Å². The van der Waals surface area contributed by atoms with Gasteiger partial charge >= 0.3 is 0 Å². The Hall–Kier alpha value is -0.790. The number of sulfonamides is 1. The summed E-state index contributed by atoms with van der Waals surface area (Å²) in [6.45, 7) is 0.352. The Morgan fingerprint density at radius 1 is 1.47 bits per heavy atom. The number of anilines is 1. The summed E-state index contributed by atoms with van der Waals surface area (Å²) in [5.74, 6) is 0.589. The third-order valence-electron chi connectivity index (χ3n) is 2.04. The van der Waals surface area contributed by atoms with Crippen molar-refractivity contribution in [3.05, 3.63) is 22.7 Å². The molecule has 1 rings (SSSR count). The summed E-state index contributed by atoms with van der Waals surface area (Å²) in [7, 11) is -1.81. The van der Waals surface area contributed by atoms with Crippen LogP contribution >= 0.6 is 15.9 Å². The van der Waals surface area contributed by atoms with Gasteiger partial charge in [-0.1, -0.05) is 0 Å². The number of nitrogens with one attached hydrogen (secondary N) is 1. The molecule has 0 aliphatic heterocycles. The molecule has 0 amide bonds. The largest absolute Gasteiger partial charge is 0.495 e. The smallest absolute Gasteiger partial charge is 0.232 e. The molecule has 0 aliphatic rings. The van der Waals surface area contributed by atoms with Crippen LogP contribution in [0.3, 0.4) is 0 Å². The standard InChI is InChI=1S/C10H15BrN2O3S/c1-16-10-7-8(3-4-9(10)11)13-17(14,15)6-2-5-12/h3-4,7,13H,2,5-6,12H2,1H3. The van der Waals surface area contributed by atoms with E-state index < -0.39 is 10.0 Å². The van der Waals surface area contributed by atoms with E-state index in [2.05, 4.69) is 20.7 Å². The van der Waals surface area contributed by atoms with Crippen LogP contribution in [0, 0.1) is 0 Å². The molecule has 0 spiro atoms. The van der Waals surface area contributed by atoms with Gasteiger partial charge in [0.25, 0.3) is 0 Å². The van der Waals surface area contributed by atoms with Gasteiger partial charge in [-0.3, -0.25) is 4.72 Å². The lowest BCUT2D eigenvalue weighted by molar-refractivity contribution is 0.412. The summed E-state index contributed by atoms with van der Waals surface area (Å²) in [4.78, 5) is 0. The molecule has 0 bridgehead atoms. The predicted octanol–water partition coefficient (Wildman–Crippen LogP) is 1.55. The fraction of sp³-hybridized carbons (Fsp3) is 0.400. The topological polar surface area (TPSA) is 81.4 Å². The molecule has 96 valence electrons. The van der Waals surface area contributed by atoms with Crippen LogP contribution in [0.15, 0.2) is 22.7 Å². The first-order valence-corrected chi connectivity index (χ1v) is 7.47. The summed E-state index contributed by atoms with van der Waals surface area (Å²) in [5, 5.41) is 0. The maximum atomic E-state index is 11.6. The van der Waals surface area contributed by atoms with Gasteiger partial charge in [-0.15, -0.1) is 0 Å². The van der Waals surface area contributed by atoms with Crippen molar-refractivity contribution in [2.75, 3.05) is 24.1 Å². The lowest BCUT2D eigenvalue weighted by atomic mass is 10.3. The fourth-order valence-corrected chi connectivity index (χ4v) is 2.77. The first kappa shape index (κ1) is 14.3. The molecule has 0 heterocycles. The molecule has 0 fully saturated rings. The second kappa shape index (κ2) is 6.23. The molecule has 1 aromatic rings. The zero-order valence-electron chi connectivity index (χ0n) is 9.44. The summed E-state index contributed by atoms with van der Waals surface area (Å²) < 4.78 is 31.6. The molecule has 0 aromatic heterocycles. The molecule has 17 heavy (non-hydrogen) atoms. The molecule has 0 unspecified atom stereocenters. The van der Waals surface area contributed by atoms with Gasteiger partial charge in [0.2, 0.25) is 10.0 Å². The Bertz CT molecular complexity index is 476. The third-order valence-corrected chi connectivity index (χ3v) is 4.07. The van der Waals surface area contributed by atoms with Crippen molar-refractivity contribution < 1.29 is 13.2 Å². The highest BCUT2D eigenvalue weighted by Crippen LogP contribution is 2.28. The highest BCUT2D eigenvalue weighted by Gasteiger charge is 2.10. The summed E-state index contributed by atoms with van der Waals surface area (Å²) in [6.07, 6.45) is 0.434. The van der Waals surface area contributed by atoms with E-state index in [1.54, 1.807) is 18.2 Å². The Morgan fingerprint density at radius 2 is 2.18 bits per heavy atom. The molecule has 1 aromatic carbocycles. The summed E-state index contributed by atoms with van der Waals surface area (Å²) in [5.41, 5.74) is 5.75. The normalized spacial score (nSPS) is 11.2. The van der Waals surface area contributed by atoms with Gasteiger partial charge in [0.05, 0.1) is 23.0 Å². The molecule has 0 radical (unpaired) electrons. The van der Waals surface area contributed by atoms with Crippen LogP contribution in [0.4, 0.5) is 5.69 Å². The number of halogens is 1. The van der Waals surface area contributed by atoms with Gasteiger partial charge in [0.15, 0.2) is 0 Å². The Balaban J connectivity index is 2.81. The van der Waals surface area contributed by atoms with Gasteiger partial charge in [-0.05, 0) is 41.0 Å². The average Bonchev–Trinajstić information content (AvgIpc) is 2.29. The van der Waals surface area contributed by atoms with Gasteiger partial charge in [-0.2, -0.15) is 0 Å². The van der Waals surface area contributed by atoms with E-state index in [4.69, 9.17) is 10.5 Å². The highest BCUT2D eigenvalue weighted by molar-refractivity contribution is 9.10. The van der Waals surface area contributed by atoms with E-state index in [1.165, 1.54) is 7.11 Å². The van der Waals surface area contributed by atoms with Crippen LogP contribution < -0.4 is 15.2 Å². The maximum absolute atomic E-state index is 11.6. The monoisotopic (exact) mass is 322 g/mol. The number of nitrogens with two attached hydrogens (primary N) is 1. The Morgan fingerprint density at radius 3 is 2.76 bits per heavy atom. The van der Waals surface area contributed by atoms with Crippen molar-refractivity contribution in [3.8, 4) is 5.75 Å². The van der Waals surface area contributed by atoms with Crippen LogP contribution in [-0.4, -0.2) is 27.8 Å². The quantitative estimate of drug-likeness (QED) is 0.832. The van der Waals surface area contributed by atoms with Crippen LogP contribution in [0.1, 0.15) is 6.42 Å². The second-order valence-electron chi connectivity index (χ2n) is 3.41. The molecule has 0 aliphatic carbocycles. The van der Waals surface area contributed by atoms with Crippen molar-refractivity contribution in [1.29, 1.82) is 0 Å². The van der Waals surface area contributed by atoms with E-state index in [0.717, 1.165) is 4.47 Å². The van der Waals surface area contributed by atoms with Crippen molar-refractivity contribution in [2.24, 2.45) is 5.73 Å². The molecule has 3 N–H and O–H groups in total. The van der Waals surface area contributed by atoms with Gasteiger partial charge in [-0.25, -0.2) is 8.42 Å². The van der Waals surface area contributed by atoms with Crippen molar-refractivity contribution >= 4 is 31.6 Å². The van der Waals surface area contributed by atoms with E-state index >= 15 is 0 Å². The van der Waals surface area contributed by atoms with E-state index in [0.29, 0.717) is 24.4 Å². The van der Waals surface area contributed by atoms with Gasteiger partial charge < -0.3 is 10.5 Å². The summed E-state index contributed by atoms with van der Waals surface area (Å²) >= 11 is 3.29. The lowest BCUT2D eigenvalue weighted by Crippen LogP contribution is -2.18. The molecule has 0 saturated heterocycles. The van der Waals surface area contributed by atoms with Crippen LogP contribution in [-0.2, 0) is 10.0 Å². The predicted molar refractivity (Wildman–Crippen MR) is 71.8 cm³/mol.